The smallest absolute Gasteiger partial charge is 0.307 e. The monoisotopic (exact) mass is 712 g/mol. The number of rotatable bonds is 11. The van der Waals surface area contributed by atoms with E-state index in [9.17, 15) is 14.7 Å². The molecule has 2 heterocycles. The van der Waals surface area contributed by atoms with E-state index in [0.29, 0.717) is 32.2 Å². The summed E-state index contributed by atoms with van der Waals surface area (Å²) < 4.78 is 14.0. The van der Waals surface area contributed by atoms with Crippen molar-refractivity contribution in [1.82, 2.24) is 25.5 Å². The SMILES string of the molecule is CC(C)[C@@H](C)[C@@]1(C)CC[C@]2(C)[C@H]3CC[C@@H]4[C@@]5(C)COC[C@@]4(C3=CC[C@@]2(C)[C@@H]1C(=O)O)[C@@H](OCC(C)(NCC(N)=O)C(C)C)[C@H](n1nnc(N)n1)C5. The molecule has 0 spiro atoms. The molecule has 4 aliphatic carbocycles. The van der Waals surface area contributed by atoms with Crippen LogP contribution < -0.4 is 16.8 Å². The molecule has 286 valence electrons. The molecular formula is C39H65N7O5. The van der Waals surface area contributed by atoms with E-state index in [-0.39, 0.29) is 64.6 Å². The lowest BCUT2D eigenvalue weighted by atomic mass is 9.34. The molecule has 51 heavy (non-hydrogen) atoms. The number of fused-ring (bicyclic) bond motifs is 3. The van der Waals surface area contributed by atoms with Gasteiger partial charge in [0.05, 0.1) is 38.4 Å². The quantitative estimate of drug-likeness (QED) is 0.221. The van der Waals surface area contributed by atoms with Crippen molar-refractivity contribution in [3.05, 3.63) is 11.6 Å². The van der Waals surface area contributed by atoms with E-state index in [1.165, 1.54) is 5.57 Å². The van der Waals surface area contributed by atoms with Crippen LogP contribution in [0.1, 0.15) is 114 Å². The highest BCUT2D eigenvalue weighted by Crippen LogP contribution is 2.75. The number of carboxylic acid groups (broad SMARTS) is 1. The highest BCUT2D eigenvalue weighted by molar-refractivity contribution is 5.76. The number of allylic oxidation sites excluding steroid dienone is 1. The summed E-state index contributed by atoms with van der Waals surface area (Å²) in [6.45, 7) is 23.8. The number of tetrazole rings is 1. The molecule has 1 aromatic heterocycles. The predicted molar refractivity (Wildman–Crippen MR) is 195 cm³/mol. The molecule has 1 aliphatic heterocycles. The Hall–Kier alpha value is -2.57. The number of nitrogens with one attached hydrogen (secondary N) is 1. The topological polar surface area (TPSA) is 180 Å². The van der Waals surface area contributed by atoms with E-state index in [1.54, 1.807) is 4.80 Å². The van der Waals surface area contributed by atoms with Gasteiger partial charge in [0.15, 0.2) is 0 Å². The molecule has 1 aromatic rings. The van der Waals surface area contributed by atoms with Crippen molar-refractivity contribution in [2.24, 2.45) is 68.3 Å². The molecule has 0 aromatic carbocycles. The summed E-state index contributed by atoms with van der Waals surface area (Å²) >= 11 is 0. The van der Waals surface area contributed by atoms with E-state index < -0.39 is 34.2 Å². The summed E-state index contributed by atoms with van der Waals surface area (Å²) in [6.07, 6.45) is 7.35. The maximum atomic E-state index is 13.6. The number of amides is 1. The minimum atomic E-state index is -0.666. The maximum Gasteiger partial charge on any atom is 0.307 e. The highest BCUT2D eigenvalue weighted by Gasteiger charge is 2.73. The first-order valence-electron chi connectivity index (χ1n) is 19.4. The Balaban J connectivity index is 1.50. The second-order valence-electron chi connectivity index (χ2n) is 19.2. The largest absolute Gasteiger partial charge is 0.481 e. The third-order valence-electron chi connectivity index (χ3n) is 16.3. The first-order chi connectivity index (χ1) is 23.7. The van der Waals surface area contributed by atoms with Gasteiger partial charge in [0.2, 0.25) is 5.91 Å². The highest BCUT2D eigenvalue weighted by atomic mass is 16.5. The Labute approximate surface area is 304 Å². The van der Waals surface area contributed by atoms with Crippen LogP contribution in [0, 0.1) is 62.6 Å². The van der Waals surface area contributed by atoms with E-state index in [4.69, 9.17) is 20.9 Å². The molecule has 3 saturated carbocycles. The number of nitrogen functional groups attached to an aromatic ring is 1. The van der Waals surface area contributed by atoms with Crippen LogP contribution in [0.15, 0.2) is 11.6 Å². The Morgan fingerprint density at radius 2 is 1.82 bits per heavy atom. The summed E-state index contributed by atoms with van der Waals surface area (Å²) in [5.74, 6) is -0.198. The van der Waals surface area contributed by atoms with Gasteiger partial charge in [-0.1, -0.05) is 79.1 Å². The second kappa shape index (κ2) is 12.8. The van der Waals surface area contributed by atoms with Crippen LogP contribution >= 0.6 is 0 Å². The van der Waals surface area contributed by atoms with Crippen molar-refractivity contribution in [2.45, 2.75) is 125 Å². The standard InChI is InChI=1S/C39H65N7O5/c1-22(2)24(5)35(7)15-16-36(8)25-11-12-28-34(6)17-27(46-44-33(41)43-45-46)31(51-20-38(10,23(3)4)42-18-29(40)47)39(28,21-50-19-34)26(25)13-14-37(36,9)30(35)32(48)49/h13,22-25,27-28,30-31,42H,11-12,14-21H2,1-10H3,(H2,40,47)(H2,41,44)(H,48,49)/t24-,25+,27-,28-,30-,31+,34-,35-,36-,37+,38?,39+/m1/s1. The van der Waals surface area contributed by atoms with Crippen LogP contribution in [-0.2, 0) is 19.1 Å². The Morgan fingerprint density at radius 3 is 2.41 bits per heavy atom. The third kappa shape index (κ3) is 5.58. The number of hydrogen-bond acceptors (Lipinski definition) is 9. The molecule has 6 N–H and O–H groups in total. The first kappa shape index (κ1) is 38.2. The summed E-state index contributed by atoms with van der Waals surface area (Å²) in [6, 6.07) is -0.262. The van der Waals surface area contributed by atoms with Gasteiger partial charge in [-0.2, -0.15) is 4.80 Å². The molecule has 2 bridgehead atoms. The van der Waals surface area contributed by atoms with Crippen molar-refractivity contribution < 1.29 is 24.2 Å². The number of nitrogens with zero attached hydrogens (tertiary/aromatic N) is 4. The fraction of sp³-hybridized carbons (Fsp3) is 0.872. The van der Waals surface area contributed by atoms with Gasteiger partial charge in [0.25, 0.3) is 5.95 Å². The van der Waals surface area contributed by atoms with Crippen LogP contribution in [0.25, 0.3) is 0 Å². The summed E-state index contributed by atoms with van der Waals surface area (Å²) in [5.41, 5.74) is 10.8. The molecule has 1 amide bonds. The lowest BCUT2D eigenvalue weighted by Crippen LogP contribution is -2.70. The van der Waals surface area contributed by atoms with E-state index in [0.717, 1.165) is 32.1 Å². The number of nitrogens with two attached hydrogens (primary N) is 2. The Kier molecular flexibility index (Phi) is 9.57. The van der Waals surface area contributed by atoms with Gasteiger partial charge in [0, 0.05) is 11.0 Å². The van der Waals surface area contributed by atoms with Crippen molar-refractivity contribution in [2.75, 3.05) is 32.1 Å². The van der Waals surface area contributed by atoms with Crippen LogP contribution in [0.5, 0.6) is 0 Å². The maximum absolute atomic E-state index is 13.6. The molecule has 12 heteroatoms. The van der Waals surface area contributed by atoms with E-state index in [1.807, 2.05) is 0 Å². The van der Waals surface area contributed by atoms with Gasteiger partial charge in [-0.05, 0) is 102 Å². The van der Waals surface area contributed by atoms with Crippen molar-refractivity contribution >= 4 is 17.8 Å². The van der Waals surface area contributed by atoms with Crippen LogP contribution in [0.3, 0.4) is 0 Å². The van der Waals surface area contributed by atoms with E-state index >= 15 is 0 Å². The molecule has 1 saturated heterocycles. The Bertz CT molecular complexity index is 1550. The number of aromatic nitrogens is 4. The number of ether oxygens (including phenoxy) is 2. The molecule has 5 aliphatic rings. The van der Waals surface area contributed by atoms with Crippen molar-refractivity contribution in [1.29, 1.82) is 0 Å². The van der Waals surface area contributed by atoms with Crippen LogP contribution in [0.4, 0.5) is 5.95 Å². The zero-order valence-electron chi connectivity index (χ0n) is 32.8. The minimum absolute atomic E-state index is 0.0471. The third-order valence-corrected chi connectivity index (χ3v) is 16.3. The average Bonchev–Trinajstić information content (AvgIpc) is 3.48. The lowest BCUT2D eigenvalue weighted by molar-refractivity contribution is -0.256. The number of primary amides is 1. The predicted octanol–water partition coefficient (Wildman–Crippen LogP) is 5.26. The number of anilines is 1. The number of aliphatic carboxylic acids is 1. The summed E-state index contributed by atoms with van der Waals surface area (Å²) in [5, 5.41) is 27.7. The lowest BCUT2D eigenvalue weighted by Gasteiger charge is -2.71. The Morgan fingerprint density at radius 1 is 1.12 bits per heavy atom. The first-order valence-corrected chi connectivity index (χ1v) is 19.4. The fourth-order valence-electron chi connectivity index (χ4n) is 12.4. The van der Waals surface area contributed by atoms with Crippen molar-refractivity contribution in [3.63, 3.8) is 0 Å². The molecule has 0 radical (unpaired) electrons. The fourth-order valence-corrected chi connectivity index (χ4v) is 12.4. The van der Waals surface area contributed by atoms with Gasteiger partial charge >= 0.3 is 5.97 Å². The zero-order chi connectivity index (χ0) is 37.5. The summed E-state index contributed by atoms with van der Waals surface area (Å²) in [7, 11) is 0. The van der Waals surface area contributed by atoms with Gasteiger partial charge in [-0.3, -0.25) is 9.59 Å². The van der Waals surface area contributed by atoms with Gasteiger partial charge in [-0.25, -0.2) is 0 Å². The molecule has 6 rings (SSSR count). The van der Waals surface area contributed by atoms with Crippen LogP contribution in [-0.4, -0.2) is 75.2 Å². The van der Waals surface area contributed by atoms with Gasteiger partial charge in [-0.15, -0.1) is 5.10 Å². The van der Waals surface area contributed by atoms with Crippen molar-refractivity contribution in [3.8, 4) is 0 Å². The number of hydrogen-bond donors (Lipinski definition) is 4. The molecule has 4 fully saturated rings. The second-order valence-corrected chi connectivity index (χ2v) is 19.2. The zero-order valence-corrected chi connectivity index (χ0v) is 32.8. The van der Waals surface area contributed by atoms with Gasteiger partial charge < -0.3 is 31.4 Å². The van der Waals surface area contributed by atoms with Gasteiger partial charge in [0.1, 0.15) is 6.04 Å². The summed E-state index contributed by atoms with van der Waals surface area (Å²) in [4.78, 5) is 27.1. The number of carboxylic acids is 1. The average molecular weight is 712 g/mol. The number of carbonyl (C=O) groups excluding carboxylic acids is 1. The van der Waals surface area contributed by atoms with E-state index in [2.05, 4.69) is 96.0 Å². The molecule has 12 nitrogen and oxygen atoms in total. The number of carbonyl (C=O) groups is 2. The normalized spacial score (nSPS) is 42.3. The molecule has 1 unspecified atom stereocenters. The minimum Gasteiger partial charge on any atom is -0.481 e. The molecular weight excluding hydrogens is 646 g/mol. The molecule has 12 atom stereocenters. The van der Waals surface area contributed by atoms with Crippen LogP contribution in [0.2, 0.25) is 0 Å².